The van der Waals surface area contributed by atoms with Gasteiger partial charge >= 0.3 is 0 Å². The molecule has 168 valence electrons. The highest BCUT2D eigenvalue weighted by atomic mass is 127. The van der Waals surface area contributed by atoms with Crippen LogP contribution in [0.25, 0.3) is 6.08 Å². The van der Waals surface area contributed by atoms with E-state index in [0.29, 0.717) is 6.54 Å². The highest BCUT2D eigenvalue weighted by Crippen LogP contribution is 2.14. The first kappa shape index (κ1) is 23.7. The summed E-state index contributed by atoms with van der Waals surface area (Å²) in [6, 6.07) is 10.5. The number of aliphatic imine (C=N–C) groups is 1. The largest absolute Gasteiger partial charge is 0.349 e. The van der Waals surface area contributed by atoms with Crippen molar-refractivity contribution in [2.75, 3.05) is 39.8 Å². The minimum absolute atomic E-state index is 0. The van der Waals surface area contributed by atoms with Crippen LogP contribution in [0.15, 0.2) is 41.4 Å². The van der Waals surface area contributed by atoms with Gasteiger partial charge in [0.2, 0.25) is 0 Å². The third kappa shape index (κ3) is 6.52. The highest BCUT2D eigenvalue weighted by molar-refractivity contribution is 14.0. The van der Waals surface area contributed by atoms with Gasteiger partial charge in [0.05, 0.1) is 6.54 Å². The third-order valence-corrected chi connectivity index (χ3v) is 5.95. The number of benzene rings is 1. The minimum Gasteiger partial charge on any atom is -0.349 e. The van der Waals surface area contributed by atoms with Gasteiger partial charge in [0.1, 0.15) is 5.82 Å². The van der Waals surface area contributed by atoms with Crippen LogP contribution >= 0.6 is 24.0 Å². The second kappa shape index (κ2) is 12.2. The van der Waals surface area contributed by atoms with Gasteiger partial charge in [0, 0.05) is 52.7 Å². The van der Waals surface area contributed by atoms with Gasteiger partial charge < -0.3 is 14.8 Å². The summed E-state index contributed by atoms with van der Waals surface area (Å²) >= 11 is 0. The first-order valence-corrected chi connectivity index (χ1v) is 11.1. The molecule has 3 heterocycles. The van der Waals surface area contributed by atoms with E-state index in [0.717, 1.165) is 63.3 Å². The highest BCUT2D eigenvalue weighted by Gasteiger charge is 2.20. The van der Waals surface area contributed by atoms with E-state index >= 15 is 0 Å². The van der Waals surface area contributed by atoms with Crippen molar-refractivity contribution in [1.29, 1.82) is 0 Å². The number of halogens is 1. The second-order valence-corrected chi connectivity index (χ2v) is 8.00. The Morgan fingerprint density at radius 3 is 2.61 bits per heavy atom. The molecule has 1 aromatic carbocycles. The molecule has 4 rings (SSSR count). The summed E-state index contributed by atoms with van der Waals surface area (Å²) in [6.07, 6.45) is 9.22. The summed E-state index contributed by atoms with van der Waals surface area (Å²) < 4.78 is 2.30. The second-order valence-electron chi connectivity index (χ2n) is 8.00. The summed E-state index contributed by atoms with van der Waals surface area (Å²) in [5, 5.41) is 12.3. The van der Waals surface area contributed by atoms with Crippen molar-refractivity contribution < 1.29 is 0 Å². The summed E-state index contributed by atoms with van der Waals surface area (Å²) in [5.41, 5.74) is 1.26. The Hall–Kier alpha value is -1.94. The Bertz CT molecular complexity index is 854. The summed E-state index contributed by atoms with van der Waals surface area (Å²) in [5.74, 6) is 3.12. The van der Waals surface area contributed by atoms with Crippen LogP contribution in [0.2, 0.25) is 0 Å². The number of piperazine rings is 1. The van der Waals surface area contributed by atoms with Crippen molar-refractivity contribution in [3.8, 4) is 0 Å². The van der Waals surface area contributed by atoms with Crippen molar-refractivity contribution in [2.24, 2.45) is 4.99 Å². The van der Waals surface area contributed by atoms with Crippen LogP contribution in [-0.2, 0) is 19.5 Å². The van der Waals surface area contributed by atoms with Gasteiger partial charge in [0.15, 0.2) is 11.8 Å². The zero-order valence-corrected chi connectivity index (χ0v) is 20.7. The molecule has 1 saturated heterocycles. The van der Waals surface area contributed by atoms with E-state index in [1.165, 1.54) is 24.8 Å². The summed E-state index contributed by atoms with van der Waals surface area (Å²) in [6.45, 7) is 6.75. The SMILES string of the molecule is CN=C(NCc1nnc2n1CCCCC2)N1CCN(C/C=C/c2ccccc2)CC1.I. The van der Waals surface area contributed by atoms with Crippen LogP contribution < -0.4 is 5.32 Å². The molecule has 2 aliphatic rings. The average Bonchev–Trinajstić information content (AvgIpc) is 3.02. The van der Waals surface area contributed by atoms with Crippen LogP contribution in [0.4, 0.5) is 0 Å². The minimum atomic E-state index is 0. The number of hydrogen-bond acceptors (Lipinski definition) is 4. The van der Waals surface area contributed by atoms with Gasteiger partial charge in [-0.3, -0.25) is 9.89 Å². The first-order chi connectivity index (χ1) is 14.8. The van der Waals surface area contributed by atoms with Crippen molar-refractivity contribution in [1.82, 2.24) is 29.9 Å². The van der Waals surface area contributed by atoms with E-state index in [2.05, 4.69) is 77.4 Å². The molecule has 0 unspecified atom stereocenters. The third-order valence-electron chi connectivity index (χ3n) is 5.95. The maximum Gasteiger partial charge on any atom is 0.194 e. The number of fused-ring (bicyclic) bond motifs is 1. The number of nitrogens with zero attached hydrogens (tertiary/aromatic N) is 6. The molecule has 2 aromatic rings. The van der Waals surface area contributed by atoms with E-state index in [4.69, 9.17) is 0 Å². The van der Waals surface area contributed by atoms with E-state index in [9.17, 15) is 0 Å². The van der Waals surface area contributed by atoms with Gasteiger partial charge in [-0.25, -0.2) is 0 Å². The molecule has 0 aliphatic carbocycles. The van der Waals surface area contributed by atoms with Crippen LogP contribution in [0.5, 0.6) is 0 Å². The average molecular weight is 535 g/mol. The van der Waals surface area contributed by atoms with Crippen LogP contribution in [0.1, 0.15) is 36.5 Å². The van der Waals surface area contributed by atoms with Crippen molar-refractivity contribution in [2.45, 2.75) is 38.8 Å². The monoisotopic (exact) mass is 535 g/mol. The standard InChI is InChI=1S/C23H33N7.HI/c1-24-23(25-19-22-27-26-21-12-6-3-7-14-30(21)22)29-17-15-28(16-18-29)13-8-11-20-9-4-2-5-10-20;/h2,4-5,8-11H,3,6-7,12-19H2,1H3,(H,24,25);1H/b11-8+;. The predicted octanol–water partition coefficient (Wildman–Crippen LogP) is 3.03. The molecule has 0 spiro atoms. The van der Waals surface area contributed by atoms with Crippen molar-refractivity contribution >= 4 is 36.0 Å². The van der Waals surface area contributed by atoms with Gasteiger partial charge in [-0.2, -0.15) is 0 Å². The molecule has 0 bridgehead atoms. The number of hydrogen-bond donors (Lipinski definition) is 1. The molecule has 7 nitrogen and oxygen atoms in total. The van der Waals surface area contributed by atoms with Gasteiger partial charge in [-0.1, -0.05) is 48.9 Å². The van der Waals surface area contributed by atoms with E-state index in [1.807, 2.05) is 7.05 Å². The number of aromatic nitrogens is 3. The molecule has 2 aliphatic heterocycles. The lowest BCUT2D eigenvalue weighted by molar-refractivity contribution is 0.194. The summed E-state index contributed by atoms with van der Waals surface area (Å²) in [4.78, 5) is 9.34. The van der Waals surface area contributed by atoms with Gasteiger partial charge in [0.25, 0.3) is 0 Å². The van der Waals surface area contributed by atoms with Crippen LogP contribution in [0, 0.1) is 0 Å². The lowest BCUT2D eigenvalue weighted by Crippen LogP contribution is -2.52. The lowest BCUT2D eigenvalue weighted by atomic mass is 10.2. The fourth-order valence-electron chi connectivity index (χ4n) is 4.21. The smallest absolute Gasteiger partial charge is 0.194 e. The van der Waals surface area contributed by atoms with Crippen molar-refractivity contribution in [3.63, 3.8) is 0 Å². The Morgan fingerprint density at radius 1 is 1.03 bits per heavy atom. The fourth-order valence-corrected chi connectivity index (χ4v) is 4.21. The quantitative estimate of drug-likeness (QED) is 0.363. The first-order valence-electron chi connectivity index (χ1n) is 11.1. The van der Waals surface area contributed by atoms with Gasteiger partial charge in [-0.15, -0.1) is 34.2 Å². The fraction of sp³-hybridized carbons (Fsp3) is 0.522. The normalized spacial score (nSPS) is 17.8. The Kier molecular flexibility index (Phi) is 9.32. The molecule has 0 saturated carbocycles. The van der Waals surface area contributed by atoms with Gasteiger partial charge in [-0.05, 0) is 18.4 Å². The number of guanidine groups is 1. The zero-order chi connectivity index (χ0) is 20.6. The Morgan fingerprint density at radius 2 is 1.84 bits per heavy atom. The number of rotatable bonds is 5. The Labute approximate surface area is 202 Å². The molecule has 8 heteroatoms. The van der Waals surface area contributed by atoms with Crippen LogP contribution in [-0.4, -0.2) is 70.3 Å². The summed E-state index contributed by atoms with van der Waals surface area (Å²) in [7, 11) is 1.86. The zero-order valence-electron chi connectivity index (χ0n) is 18.4. The molecule has 1 aromatic heterocycles. The van der Waals surface area contributed by atoms with E-state index in [1.54, 1.807) is 0 Å². The molecular formula is C23H34IN7. The number of nitrogens with one attached hydrogen (secondary N) is 1. The molecule has 1 N–H and O–H groups in total. The van der Waals surface area contributed by atoms with E-state index in [-0.39, 0.29) is 24.0 Å². The predicted molar refractivity (Wildman–Crippen MR) is 137 cm³/mol. The molecule has 1 fully saturated rings. The maximum atomic E-state index is 4.51. The van der Waals surface area contributed by atoms with E-state index < -0.39 is 0 Å². The maximum absolute atomic E-state index is 4.51. The molecule has 0 amide bonds. The van der Waals surface area contributed by atoms with Crippen molar-refractivity contribution in [3.05, 3.63) is 53.6 Å². The lowest BCUT2D eigenvalue weighted by Gasteiger charge is -2.36. The molecule has 31 heavy (non-hydrogen) atoms. The molecule has 0 atom stereocenters. The topological polar surface area (TPSA) is 61.6 Å². The van der Waals surface area contributed by atoms with Crippen LogP contribution in [0.3, 0.4) is 0 Å². The molecule has 0 radical (unpaired) electrons. The molecular weight excluding hydrogens is 501 g/mol. The Balaban J connectivity index is 0.00000272. The number of aryl methyl sites for hydroxylation is 1.